The number of nitrogens with one attached hydrogen (secondary N) is 1. The van der Waals surface area contributed by atoms with Crippen molar-refractivity contribution in [2.75, 3.05) is 4.72 Å². The molecule has 1 unspecified atom stereocenters. The highest BCUT2D eigenvalue weighted by atomic mass is 32.2. The molecule has 0 spiro atoms. The summed E-state index contributed by atoms with van der Waals surface area (Å²) in [5, 5.41) is 11.7. The first-order chi connectivity index (χ1) is 16.4. The maximum absolute atomic E-state index is 12.7. The van der Waals surface area contributed by atoms with Crippen LogP contribution in [0.4, 0.5) is 5.69 Å². The van der Waals surface area contributed by atoms with Gasteiger partial charge < -0.3 is 9.67 Å². The highest BCUT2D eigenvalue weighted by molar-refractivity contribution is 7.92. The van der Waals surface area contributed by atoms with Crippen molar-refractivity contribution in [2.45, 2.75) is 17.4 Å². The molecule has 1 atom stereocenters. The number of hydrogen-bond acceptors (Lipinski definition) is 4. The second-order valence-electron chi connectivity index (χ2n) is 7.96. The second kappa shape index (κ2) is 8.64. The Morgan fingerprint density at radius 3 is 2.47 bits per heavy atom. The van der Waals surface area contributed by atoms with Crippen molar-refractivity contribution >= 4 is 43.5 Å². The Hall–Kier alpha value is -4.17. The lowest BCUT2D eigenvalue weighted by Crippen LogP contribution is -2.15. The fraction of sp³-hybridized carbons (Fsp3) is 0.0769. The molecule has 170 valence electrons. The smallest absolute Gasteiger partial charge is 0.305 e. The van der Waals surface area contributed by atoms with Crippen molar-refractivity contribution in [1.29, 1.82) is 0 Å². The third kappa shape index (κ3) is 4.11. The Morgan fingerprint density at radius 2 is 1.68 bits per heavy atom. The average Bonchev–Trinajstić information content (AvgIpc) is 3.25. The van der Waals surface area contributed by atoms with Crippen molar-refractivity contribution in [3.63, 3.8) is 0 Å². The number of hydrogen-bond donors (Lipinski definition) is 2. The van der Waals surface area contributed by atoms with Crippen LogP contribution in [0.5, 0.6) is 0 Å². The van der Waals surface area contributed by atoms with Crippen molar-refractivity contribution in [3.05, 3.63) is 103 Å². The van der Waals surface area contributed by atoms with Gasteiger partial charge in [0.25, 0.3) is 10.0 Å². The Kier molecular flexibility index (Phi) is 5.51. The van der Waals surface area contributed by atoms with Gasteiger partial charge in [-0.25, -0.2) is 13.4 Å². The largest absolute Gasteiger partial charge is 0.481 e. The number of nitrogens with zero attached hydrogens (tertiary/aromatic N) is 2. The number of anilines is 1. The molecule has 0 saturated heterocycles. The third-order valence-electron chi connectivity index (χ3n) is 5.77. The molecule has 7 nitrogen and oxygen atoms in total. The second-order valence-corrected chi connectivity index (χ2v) is 9.64. The number of imidazole rings is 1. The summed E-state index contributed by atoms with van der Waals surface area (Å²) < 4.78 is 29.8. The monoisotopic (exact) mass is 471 g/mol. The number of aliphatic carboxylic acids is 1. The zero-order valence-electron chi connectivity index (χ0n) is 18.0. The summed E-state index contributed by atoms with van der Waals surface area (Å²) in [6.45, 7) is 0. The van der Waals surface area contributed by atoms with Crippen LogP contribution >= 0.6 is 0 Å². The molecule has 0 aliphatic heterocycles. The van der Waals surface area contributed by atoms with Crippen molar-refractivity contribution < 1.29 is 18.3 Å². The lowest BCUT2D eigenvalue weighted by atomic mass is 9.96. The molecule has 1 aromatic heterocycles. The van der Waals surface area contributed by atoms with E-state index in [1.807, 2.05) is 47.0 Å². The highest BCUT2D eigenvalue weighted by Crippen LogP contribution is 2.32. The number of benzene rings is 4. The number of fused-ring (bicyclic) bond motifs is 2. The standard InChI is InChI=1S/C26H21N3O4S/c30-26(31)16-25(22-12-6-8-18-7-4-5-11-21(18)22)29-17-27-23-15-19(13-14-24(23)29)28-34(32,33)20-9-2-1-3-10-20/h1-15,17,25,28H,16H2,(H,30,31). The maximum Gasteiger partial charge on any atom is 0.305 e. The molecule has 4 aromatic carbocycles. The van der Waals surface area contributed by atoms with E-state index in [-0.39, 0.29) is 11.3 Å². The number of sulfonamides is 1. The number of carboxylic acid groups (broad SMARTS) is 1. The van der Waals surface area contributed by atoms with Crippen molar-refractivity contribution in [3.8, 4) is 0 Å². The topological polar surface area (TPSA) is 101 Å². The molecular weight excluding hydrogens is 450 g/mol. The molecule has 1 heterocycles. The Labute approximate surface area is 196 Å². The van der Waals surface area contributed by atoms with Crippen LogP contribution in [0, 0.1) is 0 Å². The SMILES string of the molecule is O=C(O)CC(c1cccc2ccccc12)n1cnc2cc(NS(=O)(=O)c3ccccc3)ccc21. The molecule has 8 heteroatoms. The minimum atomic E-state index is -3.74. The summed E-state index contributed by atoms with van der Waals surface area (Å²) in [5.74, 6) is -0.924. The van der Waals surface area contributed by atoms with Gasteiger partial charge >= 0.3 is 5.97 Å². The van der Waals surface area contributed by atoms with Gasteiger partial charge in [0.05, 0.1) is 40.4 Å². The van der Waals surface area contributed by atoms with Crippen LogP contribution in [-0.4, -0.2) is 29.0 Å². The first kappa shape index (κ1) is 21.7. The first-order valence-corrected chi connectivity index (χ1v) is 12.1. The van der Waals surface area contributed by atoms with E-state index in [9.17, 15) is 18.3 Å². The van der Waals surface area contributed by atoms with Gasteiger partial charge in [-0.2, -0.15) is 0 Å². The summed E-state index contributed by atoms with van der Waals surface area (Å²) in [5.41, 5.74) is 2.53. The van der Waals surface area contributed by atoms with Crippen LogP contribution in [0.2, 0.25) is 0 Å². The molecule has 0 aliphatic carbocycles. The molecule has 0 amide bonds. The van der Waals surface area contributed by atoms with E-state index >= 15 is 0 Å². The average molecular weight is 472 g/mol. The molecule has 0 fully saturated rings. The minimum absolute atomic E-state index is 0.123. The van der Waals surface area contributed by atoms with E-state index in [1.54, 1.807) is 42.7 Å². The van der Waals surface area contributed by atoms with Crippen LogP contribution in [0.3, 0.4) is 0 Å². The number of rotatable bonds is 7. The van der Waals surface area contributed by atoms with Gasteiger partial charge in [0, 0.05) is 0 Å². The summed E-state index contributed by atoms with van der Waals surface area (Å²) in [4.78, 5) is 16.4. The summed E-state index contributed by atoms with van der Waals surface area (Å²) in [6.07, 6.45) is 1.48. The quantitative estimate of drug-likeness (QED) is 0.346. The van der Waals surface area contributed by atoms with Gasteiger partial charge in [-0.15, -0.1) is 0 Å². The van der Waals surface area contributed by atoms with Gasteiger partial charge in [-0.1, -0.05) is 60.7 Å². The molecule has 0 bridgehead atoms. The van der Waals surface area contributed by atoms with E-state index in [0.717, 1.165) is 16.3 Å². The molecule has 34 heavy (non-hydrogen) atoms. The highest BCUT2D eigenvalue weighted by Gasteiger charge is 2.22. The van der Waals surface area contributed by atoms with E-state index in [1.165, 1.54) is 12.1 Å². The summed E-state index contributed by atoms with van der Waals surface area (Å²) in [6, 6.07) is 26.4. The van der Waals surface area contributed by atoms with E-state index in [4.69, 9.17) is 0 Å². The van der Waals surface area contributed by atoms with Crippen molar-refractivity contribution in [1.82, 2.24) is 9.55 Å². The lowest BCUT2D eigenvalue weighted by Gasteiger charge is -2.20. The molecule has 0 aliphatic rings. The van der Waals surface area contributed by atoms with E-state index < -0.39 is 22.0 Å². The molecule has 0 radical (unpaired) electrons. The van der Waals surface area contributed by atoms with Crippen LogP contribution in [0.15, 0.2) is 102 Å². The van der Waals surface area contributed by atoms with E-state index in [2.05, 4.69) is 9.71 Å². The van der Waals surface area contributed by atoms with Crippen LogP contribution < -0.4 is 4.72 Å². The maximum atomic E-state index is 12.7. The molecule has 5 rings (SSSR count). The predicted octanol–water partition coefficient (Wildman–Crippen LogP) is 5.05. The number of carbonyl (C=O) groups is 1. The van der Waals surface area contributed by atoms with Crippen LogP contribution in [0.25, 0.3) is 21.8 Å². The van der Waals surface area contributed by atoms with Gasteiger partial charge in [0.2, 0.25) is 0 Å². The fourth-order valence-electron chi connectivity index (χ4n) is 4.22. The lowest BCUT2D eigenvalue weighted by molar-refractivity contribution is -0.137. The minimum Gasteiger partial charge on any atom is -0.481 e. The predicted molar refractivity (Wildman–Crippen MR) is 131 cm³/mol. The summed E-state index contributed by atoms with van der Waals surface area (Å²) >= 11 is 0. The van der Waals surface area contributed by atoms with Gasteiger partial charge in [-0.3, -0.25) is 9.52 Å². The normalized spacial score (nSPS) is 12.6. The number of aromatic nitrogens is 2. The van der Waals surface area contributed by atoms with Gasteiger partial charge in [0.15, 0.2) is 0 Å². The first-order valence-electron chi connectivity index (χ1n) is 10.7. The summed E-state index contributed by atoms with van der Waals surface area (Å²) in [7, 11) is -3.74. The zero-order chi connectivity index (χ0) is 23.7. The Bertz CT molecular complexity index is 1610. The fourth-order valence-corrected chi connectivity index (χ4v) is 5.29. The Morgan fingerprint density at radius 1 is 0.941 bits per heavy atom. The third-order valence-corrected chi connectivity index (χ3v) is 7.16. The molecule has 2 N–H and O–H groups in total. The molecule has 0 saturated carbocycles. The van der Waals surface area contributed by atoms with Crippen LogP contribution in [0.1, 0.15) is 18.0 Å². The van der Waals surface area contributed by atoms with Gasteiger partial charge in [-0.05, 0) is 46.7 Å². The van der Waals surface area contributed by atoms with Crippen LogP contribution in [-0.2, 0) is 14.8 Å². The van der Waals surface area contributed by atoms with Gasteiger partial charge in [0.1, 0.15) is 0 Å². The molecular formula is C26H21N3O4S. The Balaban J connectivity index is 1.55. The van der Waals surface area contributed by atoms with E-state index in [0.29, 0.717) is 16.7 Å². The number of carboxylic acids is 1. The zero-order valence-corrected chi connectivity index (χ0v) is 18.8. The van der Waals surface area contributed by atoms with Crippen molar-refractivity contribution in [2.24, 2.45) is 0 Å². The molecule has 5 aromatic rings.